The zero-order valence-electron chi connectivity index (χ0n) is 15.4. The molecule has 1 aromatic carbocycles. The van der Waals surface area contributed by atoms with Gasteiger partial charge in [-0.05, 0) is 51.1 Å². The van der Waals surface area contributed by atoms with E-state index in [9.17, 15) is 4.79 Å². The summed E-state index contributed by atoms with van der Waals surface area (Å²) in [4.78, 5) is 25.0. The van der Waals surface area contributed by atoms with E-state index in [2.05, 4.69) is 16.0 Å². The number of aryl methyl sites for hydroxylation is 1. The monoisotopic (exact) mass is 430 g/mol. The van der Waals surface area contributed by atoms with Crippen molar-refractivity contribution in [2.45, 2.75) is 32.2 Å². The molecule has 0 amide bonds. The van der Waals surface area contributed by atoms with Crippen LogP contribution < -0.4 is 5.56 Å². The molecule has 5 rings (SSSR count). The first-order valence-corrected chi connectivity index (χ1v) is 11.4. The highest BCUT2D eigenvalue weighted by molar-refractivity contribution is 7.18. The number of benzene rings is 1. The number of piperidine rings is 1. The lowest BCUT2D eigenvalue weighted by Crippen LogP contribution is -2.33. The van der Waals surface area contributed by atoms with E-state index in [4.69, 9.17) is 16.6 Å². The van der Waals surface area contributed by atoms with Crippen LogP contribution in [0.3, 0.4) is 0 Å². The highest BCUT2D eigenvalue weighted by Crippen LogP contribution is 2.34. The molecule has 1 aliphatic rings. The van der Waals surface area contributed by atoms with Gasteiger partial charge in [0.1, 0.15) is 0 Å². The molecule has 0 bridgehead atoms. The Morgan fingerprint density at radius 3 is 2.86 bits per heavy atom. The number of rotatable bonds is 3. The average molecular weight is 431 g/mol. The summed E-state index contributed by atoms with van der Waals surface area (Å²) in [7, 11) is 0. The molecule has 0 unspecified atom stereocenters. The van der Waals surface area contributed by atoms with Crippen LogP contribution in [0.15, 0.2) is 34.4 Å². The number of nitrogens with zero attached hydrogens (tertiary/aromatic N) is 4. The molecule has 0 spiro atoms. The number of thiazole rings is 2. The van der Waals surface area contributed by atoms with Crippen LogP contribution in [0.25, 0.3) is 15.2 Å². The molecule has 0 N–H and O–H groups in total. The van der Waals surface area contributed by atoms with Gasteiger partial charge in [-0.25, -0.2) is 9.97 Å². The van der Waals surface area contributed by atoms with Crippen molar-refractivity contribution < 1.29 is 0 Å². The second kappa shape index (κ2) is 7.22. The van der Waals surface area contributed by atoms with Crippen molar-refractivity contribution in [2.24, 2.45) is 0 Å². The van der Waals surface area contributed by atoms with E-state index in [1.165, 1.54) is 21.0 Å². The van der Waals surface area contributed by atoms with Gasteiger partial charge < -0.3 is 0 Å². The van der Waals surface area contributed by atoms with Crippen molar-refractivity contribution in [1.29, 1.82) is 0 Å². The van der Waals surface area contributed by atoms with Crippen molar-refractivity contribution in [2.75, 3.05) is 13.1 Å². The molecule has 5 nitrogen and oxygen atoms in total. The molecule has 4 heterocycles. The summed E-state index contributed by atoms with van der Waals surface area (Å²) in [6.07, 6.45) is 2.15. The predicted octanol–water partition coefficient (Wildman–Crippen LogP) is 4.71. The van der Waals surface area contributed by atoms with E-state index >= 15 is 0 Å². The Bertz CT molecular complexity index is 1220. The van der Waals surface area contributed by atoms with Crippen LogP contribution in [-0.2, 0) is 6.54 Å². The number of likely N-dealkylation sites (tertiary alicyclic amines) is 1. The van der Waals surface area contributed by atoms with Crippen LogP contribution in [0.5, 0.6) is 0 Å². The molecule has 0 aliphatic carbocycles. The van der Waals surface area contributed by atoms with E-state index < -0.39 is 0 Å². The van der Waals surface area contributed by atoms with Gasteiger partial charge in [-0.15, -0.1) is 22.7 Å². The topological polar surface area (TPSA) is 50.5 Å². The van der Waals surface area contributed by atoms with Gasteiger partial charge in [0.05, 0.1) is 20.9 Å². The summed E-state index contributed by atoms with van der Waals surface area (Å²) in [6.45, 7) is 4.65. The van der Waals surface area contributed by atoms with Crippen LogP contribution in [0.1, 0.15) is 35.2 Å². The lowest BCUT2D eigenvalue weighted by atomic mass is 9.97. The highest BCUT2D eigenvalue weighted by atomic mass is 35.5. The second-order valence-corrected chi connectivity index (χ2v) is 9.63. The van der Waals surface area contributed by atoms with Crippen LogP contribution in [-0.4, -0.2) is 32.4 Å². The molecule has 8 heteroatoms. The van der Waals surface area contributed by atoms with Crippen molar-refractivity contribution in [3.05, 3.63) is 61.4 Å². The maximum atomic E-state index is 12.4. The molecule has 3 aromatic heterocycles. The number of hydrogen-bond donors (Lipinski definition) is 0. The molecule has 1 aliphatic heterocycles. The van der Waals surface area contributed by atoms with Crippen LogP contribution in [0, 0.1) is 6.92 Å². The molecule has 144 valence electrons. The minimum atomic E-state index is 0.0155. The van der Waals surface area contributed by atoms with Gasteiger partial charge in [-0.3, -0.25) is 14.1 Å². The molecule has 0 radical (unpaired) electrons. The van der Waals surface area contributed by atoms with Gasteiger partial charge in [0.25, 0.3) is 5.56 Å². The van der Waals surface area contributed by atoms with Crippen molar-refractivity contribution in [1.82, 2.24) is 19.3 Å². The van der Waals surface area contributed by atoms with E-state index in [0.29, 0.717) is 5.92 Å². The van der Waals surface area contributed by atoms with Gasteiger partial charge in [0.15, 0.2) is 4.96 Å². The van der Waals surface area contributed by atoms with Gasteiger partial charge in [-0.1, -0.05) is 11.6 Å². The third-order valence-corrected chi connectivity index (χ3v) is 7.69. The normalized spacial score (nSPS) is 16.4. The van der Waals surface area contributed by atoms with E-state index in [1.54, 1.807) is 21.8 Å². The second-order valence-electron chi connectivity index (χ2n) is 7.30. The first-order chi connectivity index (χ1) is 13.6. The predicted molar refractivity (Wildman–Crippen MR) is 116 cm³/mol. The molecular weight excluding hydrogens is 412 g/mol. The fourth-order valence-corrected chi connectivity index (χ4v) is 6.02. The largest absolute Gasteiger partial charge is 0.297 e. The Hall–Kier alpha value is -1.80. The standard InChI is InChI=1S/C20H19ClN4OS2/c1-12-11-27-20-22-15(9-18(26)25(12)20)10-24-6-4-13(5-7-24)19-23-16-8-14(21)2-3-17(16)28-19/h2-3,8-9,11,13H,4-7,10H2,1H3. The zero-order valence-corrected chi connectivity index (χ0v) is 17.8. The van der Waals surface area contributed by atoms with E-state index in [0.717, 1.165) is 59.4 Å². The number of hydrogen-bond acceptors (Lipinski definition) is 6. The summed E-state index contributed by atoms with van der Waals surface area (Å²) < 4.78 is 2.88. The molecule has 28 heavy (non-hydrogen) atoms. The smallest absolute Gasteiger partial charge is 0.259 e. The van der Waals surface area contributed by atoms with Gasteiger partial charge in [0, 0.05) is 34.6 Å². The average Bonchev–Trinajstić information content (AvgIpc) is 3.26. The van der Waals surface area contributed by atoms with Gasteiger partial charge in [-0.2, -0.15) is 0 Å². The number of aromatic nitrogens is 3. The third-order valence-electron chi connectivity index (χ3n) is 5.32. The molecular formula is C20H19ClN4OS2. The highest BCUT2D eigenvalue weighted by Gasteiger charge is 2.24. The van der Waals surface area contributed by atoms with Crippen molar-refractivity contribution in [3.63, 3.8) is 0 Å². The first kappa shape index (κ1) is 18.2. The number of fused-ring (bicyclic) bond motifs is 2. The Morgan fingerprint density at radius 1 is 1.21 bits per heavy atom. The van der Waals surface area contributed by atoms with Crippen molar-refractivity contribution >= 4 is 49.5 Å². The quantitative estimate of drug-likeness (QED) is 0.472. The SMILES string of the molecule is Cc1csc2nc(CN3CCC(c4nc5cc(Cl)ccc5s4)CC3)cc(=O)n12. The third kappa shape index (κ3) is 3.37. The number of halogens is 1. The summed E-state index contributed by atoms with van der Waals surface area (Å²) in [5.41, 5.74) is 2.82. The fourth-order valence-electron chi connectivity index (χ4n) is 3.84. The van der Waals surface area contributed by atoms with E-state index in [1.807, 2.05) is 24.4 Å². The maximum Gasteiger partial charge on any atom is 0.259 e. The Kier molecular flexibility index (Phi) is 4.71. The molecule has 4 aromatic rings. The van der Waals surface area contributed by atoms with Crippen LogP contribution in [0.4, 0.5) is 0 Å². The fraction of sp³-hybridized carbons (Fsp3) is 0.350. The lowest BCUT2D eigenvalue weighted by Gasteiger charge is -2.30. The van der Waals surface area contributed by atoms with Crippen LogP contribution in [0.2, 0.25) is 5.02 Å². The molecule has 1 saturated heterocycles. The maximum absolute atomic E-state index is 12.4. The first-order valence-electron chi connectivity index (χ1n) is 9.32. The summed E-state index contributed by atoms with van der Waals surface area (Å²) >= 11 is 9.39. The molecule has 0 atom stereocenters. The molecule has 0 saturated carbocycles. The van der Waals surface area contributed by atoms with E-state index in [-0.39, 0.29) is 5.56 Å². The Labute approximate surface area is 175 Å². The lowest BCUT2D eigenvalue weighted by molar-refractivity contribution is 0.202. The van der Waals surface area contributed by atoms with Gasteiger partial charge >= 0.3 is 0 Å². The summed E-state index contributed by atoms with van der Waals surface area (Å²) in [5, 5.41) is 3.92. The minimum absolute atomic E-state index is 0.0155. The summed E-state index contributed by atoms with van der Waals surface area (Å²) in [6, 6.07) is 7.60. The minimum Gasteiger partial charge on any atom is -0.297 e. The Morgan fingerprint density at radius 2 is 2.04 bits per heavy atom. The Balaban J connectivity index is 1.28. The van der Waals surface area contributed by atoms with Crippen LogP contribution >= 0.6 is 34.3 Å². The van der Waals surface area contributed by atoms with Crippen molar-refractivity contribution in [3.8, 4) is 0 Å². The van der Waals surface area contributed by atoms with Gasteiger partial charge in [0.2, 0.25) is 0 Å². The zero-order chi connectivity index (χ0) is 19.3. The molecule has 1 fully saturated rings. The summed E-state index contributed by atoms with van der Waals surface area (Å²) in [5.74, 6) is 0.494.